The summed E-state index contributed by atoms with van der Waals surface area (Å²) in [5.41, 5.74) is 2.72. The molecule has 0 saturated heterocycles. The van der Waals surface area contributed by atoms with Crippen LogP contribution in [-0.2, 0) is 6.18 Å². The van der Waals surface area contributed by atoms with Gasteiger partial charge in [0.25, 0.3) is 0 Å². The number of hydrogen-bond acceptors (Lipinski definition) is 2. The van der Waals surface area contributed by atoms with Gasteiger partial charge in [0.05, 0.1) is 5.56 Å². The van der Waals surface area contributed by atoms with E-state index in [4.69, 9.17) is 5.84 Å². The smallest absolute Gasteiger partial charge is 0.271 e. The Labute approximate surface area is 111 Å². The topological polar surface area (TPSA) is 38.0 Å². The maximum Gasteiger partial charge on any atom is 0.416 e. The van der Waals surface area contributed by atoms with Gasteiger partial charge in [-0.15, -0.1) is 0 Å². The number of nitrogens with two attached hydrogens (primary N) is 1. The van der Waals surface area contributed by atoms with E-state index in [0.717, 1.165) is 31.7 Å². The Kier molecular flexibility index (Phi) is 4.47. The lowest BCUT2D eigenvalue weighted by Crippen LogP contribution is -2.34. The van der Waals surface area contributed by atoms with Gasteiger partial charge in [0.2, 0.25) is 0 Å². The van der Waals surface area contributed by atoms with Crippen LogP contribution in [0.1, 0.15) is 49.3 Å². The summed E-state index contributed by atoms with van der Waals surface area (Å²) >= 11 is 0. The van der Waals surface area contributed by atoms with Gasteiger partial charge < -0.3 is 0 Å². The summed E-state index contributed by atoms with van der Waals surface area (Å²) in [6, 6.07) is 5.28. The van der Waals surface area contributed by atoms with Crippen molar-refractivity contribution in [2.24, 2.45) is 11.8 Å². The minimum Gasteiger partial charge on any atom is -0.271 e. The molecule has 1 fully saturated rings. The van der Waals surface area contributed by atoms with E-state index in [0.29, 0.717) is 11.5 Å². The Morgan fingerprint density at radius 1 is 1.16 bits per heavy atom. The third kappa shape index (κ3) is 3.48. The van der Waals surface area contributed by atoms with Gasteiger partial charge in [-0.25, -0.2) is 0 Å². The van der Waals surface area contributed by atoms with Crippen LogP contribution in [0, 0.1) is 5.92 Å². The summed E-state index contributed by atoms with van der Waals surface area (Å²) in [5, 5.41) is 0. The molecule has 0 radical (unpaired) electrons. The van der Waals surface area contributed by atoms with Crippen LogP contribution in [0.25, 0.3) is 0 Å². The molecule has 2 nitrogen and oxygen atoms in total. The molecule has 106 valence electrons. The molecule has 1 atom stereocenters. The minimum absolute atomic E-state index is 0.192. The van der Waals surface area contributed by atoms with Gasteiger partial charge in [0, 0.05) is 6.04 Å². The van der Waals surface area contributed by atoms with Crippen LogP contribution in [0.5, 0.6) is 0 Å². The Hall–Kier alpha value is -1.07. The van der Waals surface area contributed by atoms with Crippen molar-refractivity contribution >= 4 is 0 Å². The molecular weight excluding hydrogens is 253 g/mol. The molecule has 1 aliphatic rings. The molecule has 0 aliphatic heterocycles. The Morgan fingerprint density at radius 3 is 2.42 bits per heavy atom. The number of halogens is 3. The first-order chi connectivity index (χ1) is 9.02. The van der Waals surface area contributed by atoms with Gasteiger partial charge in [-0.05, 0) is 36.5 Å². The molecule has 1 aliphatic carbocycles. The van der Waals surface area contributed by atoms with Crippen molar-refractivity contribution in [2.75, 3.05) is 0 Å². The van der Waals surface area contributed by atoms with Crippen molar-refractivity contribution in [3.05, 3.63) is 35.4 Å². The highest BCUT2D eigenvalue weighted by molar-refractivity contribution is 5.28. The van der Waals surface area contributed by atoms with Crippen LogP contribution in [0.15, 0.2) is 24.3 Å². The van der Waals surface area contributed by atoms with E-state index in [9.17, 15) is 13.2 Å². The van der Waals surface area contributed by atoms with Crippen molar-refractivity contribution in [1.29, 1.82) is 0 Å². The van der Waals surface area contributed by atoms with Crippen LogP contribution >= 0.6 is 0 Å². The van der Waals surface area contributed by atoms with Crippen molar-refractivity contribution in [1.82, 2.24) is 5.43 Å². The Bertz CT molecular complexity index is 411. The second kappa shape index (κ2) is 5.92. The van der Waals surface area contributed by atoms with E-state index in [1.54, 1.807) is 6.07 Å². The fourth-order valence-corrected chi connectivity index (χ4v) is 2.88. The molecule has 1 aromatic carbocycles. The summed E-state index contributed by atoms with van der Waals surface area (Å²) in [6.45, 7) is 0. The van der Waals surface area contributed by atoms with Gasteiger partial charge >= 0.3 is 6.18 Å². The number of hydrazine groups is 1. The molecular formula is C14H19F3N2. The fraction of sp³-hybridized carbons (Fsp3) is 0.571. The molecule has 0 bridgehead atoms. The first kappa shape index (κ1) is 14.3. The molecule has 0 heterocycles. The molecule has 19 heavy (non-hydrogen) atoms. The minimum atomic E-state index is -4.30. The number of hydrogen-bond donors (Lipinski definition) is 2. The summed E-state index contributed by atoms with van der Waals surface area (Å²) in [6.07, 6.45) is 1.19. The average Bonchev–Trinajstić information content (AvgIpc) is 2.40. The lowest BCUT2D eigenvalue weighted by molar-refractivity contribution is -0.137. The Balaban J connectivity index is 2.22. The highest BCUT2D eigenvalue weighted by atomic mass is 19.4. The Morgan fingerprint density at radius 2 is 1.84 bits per heavy atom. The highest BCUT2D eigenvalue weighted by Gasteiger charge is 2.32. The summed E-state index contributed by atoms with van der Waals surface area (Å²) in [5.74, 6) is 5.89. The first-order valence-electron chi connectivity index (χ1n) is 6.65. The zero-order chi connectivity index (χ0) is 13.9. The van der Waals surface area contributed by atoms with E-state index < -0.39 is 11.7 Å². The molecule has 2 rings (SSSR count). The van der Waals surface area contributed by atoms with E-state index >= 15 is 0 Å². The monoisotopic (exact) mass is 272 g/mol. The molecule has 1 aromatic rings. The largest absolute Gasteiger partial charge is 0.416 e. The van der Waals surface area contributed by atoms with Crippen molar-refractivity contribution < 1.29 is 13.2 Å². The second-order valence-corrected chi connectivity index (χ2v) is 5.17. The molecule has 1 saturated carbocycles. The summed E-state index contributed by atoms with van der Waals surface area (Å²) in [4.78, 5) is 0. The lowest BCUT2D eigenvalue weighted by atomic mass is 9.81. The van der Waals surface area contributed by atoms with Crippen LogP contribution in [0.3, 0.4) is 0 Å². The normalized spacial score (nSPS) is 19.4. The molecule has 3 N–H and O–H groups in total. The van der Waals surface area contributed by atoms with Crippen LogP contribution in [0.2, 0.25) is 0 Å². The zero-order valence-corrected chi connectivity index (χ0v) is 10.7. The molecule has 5 heteroatoms. The predicted octanol–water partition coefficient (Wildman–Crippen LogP) is 3.79. The third-order valence-electron chi connectivity index (χ3n) is 3.87. The van der Waals surface area contributed by atoms with E-state index in [1.807, 2.05) is 0 Å². The second-order valence-electron chi connectivity index (χ2n) is 5.17. The standard InChI is InChI=1S/C14H19F3N2/c15-14(16,17)12-8-4-7-11(9-12)13(19-18)10-5-2-1-3-6-10/h4,7-10,13,19H,1-3,5-6,18H2. The lowest BCUT2D eigenvalue weighted by Gasteiger charge is -2.30. The number of benzene rings is 1. The van der Waals surface area contributed by atoms with Crippen LogP contribution < -0.4 is 11.3 Å². The quantitative estimate of drug-likeness (QED) is 0.649. The maximum absolute atomic E-state index is 12.7. The first-order valence-corrected chi connectivity index (χ1v) is 6.65. The third-order valence-corrected chi connectivity index (χ3v) is 3.87. The SMILES string of the molecule is NNC(c1cccc(C(F)(F)F)c1)C1CCCCC1. The van der Waals surface area contributed by atoms with Crippen molar-refractivity contribution in [2.45, 2.75) is 44.3 Å². The summed E-state index contributed by atoms with van der Waals surface area (Å²) < 4.78 is 38.2. The van der Waals surface area contributed by atoms with Gasteiger partial charge in [-0.3, -0.25) is 11.3 Å². The number of rotatable bonds is 3. The highest BCUT2D eigenvalue weighted by Crippen LogP contribution is 2.36. The van der Waals surface area contributed by atoms with Gasteiger partial charge in [0.1, 0.15) is 0 Å². The number of nitrogens with one attached hydrogen (secondary N) is 1. The van der Waals surface area contributed by atoms with E-state index in [-0.39, 0.29) is 6.04 Å². The molecule has 0 spiro atoms. The van der Waals surface area contributed by atoms with Crippen LogP contribution in [-0.4, -0.2) is 0 Å². The maximum atomic E-state index is 12.7. The van der Waals surface area contributed by atoms with Crippen LogP contribution in [0.4, 0.5) is 13.2 Å². The fourth-order valence-electron chi connectivity index (χ4n) is 2.88. The van der Waals surface area contributed by atoms with Gasteiger partial charge in [0.15, 0.2) is 0 Å². The zero-order valence-electron chi connectivity index (χ0n) is 10.7. The molecule has 0 amide bonds. The molecule has 1 unspecified atom stereocenters. The average molecular weight is 272 g/mol. The van der Waals surface area contributed by atoms with E-state index in [1.165, 1.54) is 18.6 Å². The van der Waals surface area contributed by atoms with Crippen molar-refractivity contribution in [3.8, 4) is 0 Å². The van der Waals surface area contributed by atoms with Gasteiger partial charge in [-0.1, -0.05) is 31.4 Å². The number of alkyl halides is 3. The van der Waals surface area contributed by atoms with E-state index in [2.05, 4.69) is 5.43 Å². The van der Waals surface area contributed by atoms with Gasteiger partial charge in [-0.2, -0.15) is 13.2 Å². The summed E-state index contributed by atoms with van der Waals surface area (Å²) in [7, 11) is 0. The predicted molar refractivity (Wildman–Crippen MR) is 68.1 cm³/mol. The molecule has 0 aromatic heterocycles. The van der Waals surface area contributed by atoms with Crippen molar-refractivity contribution in [3.63, 3.8) is 0 Å².